The molecule has 1 atom stereocenters. The fourth-order valence-electron chi connectivity index (χ4n) is 3.65. The molecule has 4 rings (SSSR count). The standard InChI is InChI=1S/C24H31N7O5S/c1-13(2)14-11-16(35-12-14)19(24(3,4)5)26-21-20(27-22-23(28-21)30-36-29-22)25-15-9-8-10-17(18(15)32)37(33,34)31(6)7/h8-13,19,32H,1-7H3,(H,25,27,29)(H,26,28,30)/t19-/m0/s1. The topological polar surface area (TPSA) is 160 Å². The number of para-hydroxylation sites is 1. The first-order valence-electron chi connectivity index (χ1n) is 11.7. The normalized spacial score (nSPS) is 13.4. The van der Waals surface area contributed by atoms with Gasteiger partial charge in [0, 0.05) is 14.1 Å². The van der Waals surface area contributed by atoms with Crippen molar-refractivity contribution in [1.29, 1.82) is 0 Å². The van der Waals surface area contributed by atoms with Crippen LogP contribution >= 0.6 is 0 Å². The molecule has 0 radical (unpaired) electrons. The van der Waals surface area contributed by atoms with Crippen LogP contribution in [0.4, 0.5) is 17.3 Å². The zero-order chi connectivity index (χ0) is 27.1. The van der Waals surface area contributed by atoms with Gasteiger partial charge in [-0.3, -0.25) is 0 Å². The fraction of sp³-hybridized carbons (Fsp3) is 0.417. The van der Waals surface area contributed by atoms with E-state index in [0.717, 1.165) is 9.87 Å². The lowest BCUT2D eigenvalue weighted by molar-refractivity contribution is 0.303. The highest BCUT2D eigenvalue weighted by Crippen LogP contribution is 2.40. The Morgan fingerprint density at radius 2 is 1.70 bits per heavy atom. The molecule has 3 N–H and O–H groups in total. The van der Waals surface area contributed by atoms with Crippen LogP contribution in [0, 0.1) is 5.41 Å². The highest BCUT2D eigenvalue weighted by atomic mass is 32.2. The maximum atomic E-state index is 12.7. The predicted octanol–water partition coefficient (Wildman–Crippen LogP) is 4.63. The Balaban J connectivity index is 1.79. The van der Waals surface area contributed by atoms with Crippen molar-refractivity contribution in [3.05, 3.63) is 41.9 Å². The molecule has 4 aromatic rings. The summed E-state index contributed by atoms with van der Waals surface area (Å²) in [7, 11) is -1.12. The van der Waals surface area contributed by atoms with Crippen LogP contribution in [0.15, 0.2) is 44.5 Å². The van der Waals surface area contributed by atoms with Crippen LogP contribution in [0.1, 0.15) is 57.9 Å². The molecule has 3 heterocycles. The Labute approximate surface area is 215 Å². The molecule has 0 bridgehead atoms. The minimum atomic E-state index is -3.90. The Morgan fingerprint density at radius 1 is 1.05 bits per heavy atom. The maximum Gasteiger partial charge on any atom is 0.246 e. The van der Waals surface area contributed by atoms with E-state index in [1.165, 1.54) is 32.3 Å². The second kappa shape index (κ2) is 9.63. The SMILES string of the molecule is CC(C)c1coc([C@H](Nc2nc3nonc3nc2Nc2cccc(S(=O)(=O)N(C)C)c2O)C(C)(C)C)c1. The van der Waals surface area contributed by atoms with Crippen molar-refractivity contribution in [2.45, 2.75) is 51.5 Å². The zero-order valence-electron chi connectivity index (χ0n) is 21.8. The Bertz CT molecular complexity index is 1520. The van der Waals surface area contributed by atoms with Gasteiger partial charge in [-0.15, -0.1) is 0 Å². The number of benzene rings is 1. The van der Waals surface area contributed by atoms with E-state index in [9.17, 15) is 13.5 Å². The number of nitrogens with zero attached hydrogens (tertiary/aromatic N) is 5. The Morgan fingerprint density at radius 3 is 2.27 bits per heavy atom. The van der Waals surface area contributed by atoms with Gasteiger partial charge in [-0.1, -0.05) is 40.7 Å². The van der Waals surface area contributed by atoms with Gasteiger partial charge in [0.25, 0.3) is 0 Å². The number of phenolic OH excluding ortho intramolecular Hbond substituents is 1. The van der Waals surface area contributed by atoms with E-state index in [-0.39, 0.29) is 45.0 Å². The van der Waals surface area contributed by atoms with Crippen LogP contribution in [-0.4, -0.2) is 52.2 Å². The van der Waals surface area contributed by atoms with Gasteiger partial charge < -0.3 is 20.2 Å². The number of anilines is 3. The Kier molecular flexibility index (Phi) is 6.86. The van der Waals surface area contributed by atoms with Crippen LogP contribution in [0.2, 0.25) is 0 Å². The van der Waals surface area contributed by atoms with E-state index in [2.05, 4.69) is 65.5 Å². The van der Waals surface area contributed by atoms with Crippen molar-refractivity contribution in [2.24, 2.45) is 5.41 Å². The molecule has 198 valence electrons. The molecule has 0 saturated carbocycles. The average Bonchev–Trinajstić information content (AvgIpc) is 3.47. The summed E-state index contributed by atoms with van der Waals surface area (Å²) < 4.78 is 37.1. The summed E-state index contributed by atoms with van der Waals surface area (Å²) in [5.74, 6) is 1.02. The van der Waals surface area contributed by atoms with E-state index in [1.807, 2.05) is 6.07 Å². The number of fused-ring (bicyclic) bond motifs is 1. The number of hydrogen-bond acceptors (Lipinski definition) is 11. The van der Waals surface area contributed by atoms with Crippen molar-refractivity contribution in [2.75, 3.05) is 24.7 Å². The van der Waals surface area contributed by atoms with Gasteiger partial charge >= 0.3 is 0 Å². The number of aromatic nitrogens is 4. The molecule has 0 unspecified atom stereocenters. The summed E-state index contributed by atoms with van der Waals surface area (Å²) in [6, 6.07) is 6.05. The third kappa shape index (κ3) is 5.23. The summed E-state index contributed by atoms with van der Waals surface area (Å²) in [5.41, 5.74) is 1.18. The van der Waals surface area contributed by atoms with Gasteiger partial charge in [-0.25, -0.2) is 27.3 Å². The molecule has 3 aromatic heterocycles. The van der Waals surface area contributed by atoms with Crippen molar-refractivity contribution in [1.82, 2.24) is 24.6 Å². The van der Waals surface area contributed by atoms with Crippen molar-refractivity contribution in [3.8, 4) is 5.75 Å². The van der Waals surface area contributed by atoms with Crippen LogP contribution in [-0.2, 0) is 10.0 Å². The second-order valence-corrected chi connectivity index (χ2v) is 12.4. The van der Waals surface area contributed by atoms with Crippen molar-refractivity contribution >= 4 is 38.6 Å². The van der Waals surface area contributed by atoms with Gasteiger partial charge in [0.1, 0.15) is 10.7 Å². The van der Waals surface area contributed by atoms with Crippen molar-refractivity contribution in [3.63, 3.8) is 0 Å². The first-order valence-corrected chi connectivity index (χ1v) is 13.1. The number of phenols is 1. The third-order valence-corrected chi connectivity index (χ3v) is 7.71. The van der Waals surface area contributed by atoms with Crippen LogP contribution in [0.3, 0.4) is 0 Å². The Hall–Kier alpha value is -3.71. The lowest BCUT2D eigenvalue weighted by Crippen LogP contribution is -2.26. The summed E-state index contributed by atoms with van der Waals surface area (Å²) in [6.07, 6.45) is 1.74. The van der Waals surface area contributed by atoms with Gasteiger partial charge in [0.2, 0.25) is 21.3 Å². The van der Waals surface area contributed by atoms with Gasteiger partial charge in [0.15, 0.2) is 17.4 Å². The summed E-state index contributed by atoms with van der Waals surface area (Å²) >= 11 is 0. The first-order chi connectivity index (χ1) is 17.3. The van der Waals surface area contributed by atoms with E-state index >= 15 is 0 Å². The summed E-state index contributed by atoms with van der Waals surface area (Å²) in [5, 5.41) is 24.8. The summed E-state index contributed by atoms with van der Waals surface area (Å²) in [6.45, 7) is 10.3. The largest absolute Gasteiger partial charge is 0.504 e. The van der Waals surface area contributed by atoms with E-state index in [4.69, 9.17) is 9.05 Å². The number of hydrogen-bond donors (Lipinski definition) is 3. The molecular formula is C24H31N7O5S. The minimum Gasteiger partial charge on any atom is -0.504 e. The highest BCUT2D eigenvalue weighted by Gasteiger charge is 2.31. The number of nitrogens with one attached hydrogen (secondary N) is 2. The van der Waals surface area contributed by atoms with E-state index in [1.54, 1.807) is 6.26 Å². The molecule has 0 aliphatic carbocycles. The lowest BCUT2D eigenvalue weighted by Gasteiger charge is -2.30. The second-order valence-electron chi connectivity index (χ2n) is 10.3. The highest BCUT2D eigenvalue weighted by molar-refractivity contribution is 7.89. The predicted molar refractivity (Wildman–Crippen MR) is 138 cm³/mol. The molecule has 0 fully saturated rings. The molecule has 12 nitrogen and oxygen atoms in total. The zero-order valence-corrected chi connectivity index (χ0v) is 22.6. The molecule has 0 saturated heterocycles. The van der Waals surface area contributed by atoms with Gasteiger partial charge in [0.05, 0.1) is 18.0 Å². The molecule has 0 amide bonds. The molecule has 0 aliphatic rings. The first kappa shape index (κ1) is 26.4. The monoisotopic (exact) mass is 529 g/mol. The molecule has 13 heteroatoms. The molecule has 1 aromatic carbocycles. The number of aromatic hydroxyl groups is 1. The quantitative estimate of drug-likeness (QED) is 0.273. The molecular weight excluding hydrogens is 498 g/mol. The van der Waals surface area contributed by atoms with Crippen molar-refractivity contribution < 1.29 is 22.6 Å². The number of furan rings is 1. The molecule has 37 heavy (non-hydrogen) atoms. The molecule has 0 spiro atoms. The third-order valence-electron chi connectivity index (χ3n) is 5.86. The molecule has 0 aliphatic heterocycles. The lowest BCUT2D eigenvalue weighted by atomic mass is 9.85. The fourth-order valence-corrected chi connectivity index (χ4v) is 4.65. The van der Waals surface area contributed by atoms with E-state index < -0.39 is 15.8 Å². The van der Waals surface area contributed by atoms with Crippen LogP contribution in [0.5, 0.6) is 5.75 Å². The van der Waals surface area contributed by atoms with Crippen LogP contribution < -0.4 is 10.6 Å². The number of rotatable bonds is 8. The van der Waals surface area contributed by atoms with E-state index in [0.29, 0.717) is 11.7 Å². The average molecular weight is 530 g/mol. The van der Waals surface area contributed by atoms with Crippen LogP contribution in [0.25, 0.3) is 11.3 Å². The minimum absolute atomic E-state index is 0.114. The maximum absolute atomic E-state index is 12.7. The van der Waals surface area contributed by atoms with Gasteiger partial charge in [-0.2, -0.15) is 0 Å². The smallest absolute Gasteiger partial charge is 0.246 e. The summed E-state index contributed by atoms with van der Waals surface area (Å²) in [4.78, 5) is 8.73. The van der Waals surface area contributed by atoms with Gasteiger partial charge in [-0.05, 0) is 45.4 Å². The number of sulfonamides is 1.